The van der Waals surface area contributed by atoms with Gasteiger partial charge < -0.3 is 16.4 Å². The van der Waals surface area contributed by atoms with Gasteiger partial charge in [-0.1, -0.05) is 60.1 Å². The maximum Gasteiger partial charge on any atom is 0.273 e. The number of aryl methyl sites for hydroxylation is 1. The van der Waals surface area contributed by atoms with E-state index < -0.39 is 5.91 Å². The molecule has 3 aromatic rings. The van der Waals surface area contributed by atoms with Crippen LogP contribution in [-0.4, -0.2) is 22.2 Å². The Hall–Kier alpha value is -2.90. The van der Waals surface area contributed by atoms with Crippen molar-refractivity contribution in [2.24, 2.45) is 0 Å². The second-order valence-corrected chi connectivity index (χ2v) is 8.13. The average Bonchev–Trinajstić information content (AvgIpc) is 3.14. The Morgan fingerprint density at radius 1 is 1.10 bits per heavy atom. The highest BCUT2D eigenvalue weighted by Crippen LogP contribution is 2.22. The topological polar surface area (TPSA) is 97.1 Å². The van der Waals surface area contributed by atoms with E-state index in [9.17, 15) is 9.59 Å². The smallest absolute Gasteiger partial charge is 0.273 e. The van der Waals surface area contributed by atoms with Gasteiger partial charge in [-0.3, -0.25) is 9.59 Å². The average molecular weight is 443 g/mol. The van der Waals surface area contributed by atoms with Crippen LogP contribution < -0.4 is 16.4 Å². The number of nitrogens with one attached hydrogen (secondary N) is 2. The van der Waals surface area contributed by atoms with Gasteiger partial charge in [0.2, 0.25) is 0 Å². The Morgan fingerprint density at radius 2 is 1.80 bits per heavy atom. The largest absolute Gasteiger partial charge is 0.395 e. The third-order valence-corrected chi connectivity index (χ3v) is 5.86. The maximum absolute atomic E-state index is 12.6. The number of aromatic nitrogens is 1. The van der Waals surface area contributed by atoms with Crippen molar-refractivity contribution < 1.29 is 9.59 Å². The second-order valence-electron chi connectivity index (χ2n) is 6.95. The molecule has 4 N–H and O–H groups in total. The molecule has 1 heterocycles. The molecule has 0 aliphatic carbocycles. The number of halogens is 1. The Labute approximate surface area is 184 Å². The molecule has 3 rings (SSSR count). The van der Waals surface area contributed by atoms with Gasteiger partial charge in [-0.25, -0.2) is 0 Å². The molecule has 0 aliphatic rings. The summed E-state index contributed by atoms with van der Waals surface area (Å²) >= 11 is 7.02. The van der Waals surface area contributed by atoms with Gasteiger partial charge in [0.1, 0.15) is 4.88 Å². The molecule has 30 heavy (non-hydrogen) atoms. The van der Waals surface area contributed by atoms with Crippen LogP contribution >= 0.6 is 23.1 Å². The first-order chi connectivity index (χ1) is 14.5. The van der Waals surface area contributed by atoms with Crippen molar-refractivity contribution in [3.05, 3.63) is 81.3 Å². The number of nitrogens with two attached hydrogens (primary N) is 1. The number of carbonyl (C=O) groups excluding carboxylic acids is 2. The van der Waals surface area contributed by atoms with E-state index in [1.807, 2.05) is 43.3 Å². The Kier molecular flexibility index (Phi) is 7.43. The van der Waals surface area contributed by atoms with E-state index >= 15 is 0 Å². The predicted molar refractivity (Wildman–Crippen MR) is 121 cm³/mol. The summed E-state index contributed by atoms with van der Waals surface area (Å²) < 4.78 is 4.08. The first-order valence-corrected chi connectivity index (χ1v) is 10.7. The summed E-state index contributed by atoms with van der Waals surface area (Å²) in [7, 11) is 0. The van der Waals surface area contributed by atoms with Crippen molar-refractivity contribution in [2.45, 2.75) is 32.4 Å². The first kappa shape index (κ1) is 21.8. The summed E-state index contributed by atoms with van der Waals surface area (Å²) in [5, 5.41) is 6.23. The zero-order chi connectivity index (χ0) is 21.5. The SMILES string of the molecule is C[C@@H](CCc1ccccc1)NC(=O)c1snc(C(=O)NCc2ccccc2Cl)c1N. The predicted octanol–water partition coefficient (Wildman–Crippen LogP) is 4.06. The third-order valence-electron chi connectivity index (χ3n) is 4.63. The molecular formula is C22H23ClN4O2S. The number of amides is 2. The number of anilines is 1. The zero-order valence-corrected chi connectivity index (χ0v) is 18.1. The summed E-state index contributed by atoms with van der Waals surface area (Å²) in [4.78, 5) is 25.3. The molecule has 156 valence electrons. The van der Waals surface area contributed by atoms with E-state index in [4.69, 9.17) is 17.3 Å². The monoisotopic (exact) mass is 442 g/mol. The Morgan fingerprint density at radius 3 is 2.53 bits per heavy atom. The molecule has 0 saturated heterocycles. The molecule has 1 atom stereocenters. The highest BCUT2D eigenvalue weighted by atomic mass is 35.5. The van der Waals surface area contributed by atoms with Crippen molar-refractivity contribution in [3.63, 3.8) is 0 Å². The summed E-state index contributed by atoms with van der Waals surface area (Å²) in [6.07, 6.45) is 1.65. The fraction of sp³-hybridized carbons (Fsp3) is 0.227. The zero-order valence-electron chi connectivity index (χ0n) is 16.5. The third kappa shape index (κ3) is 5.58. The van der Waals surface area contributed by atoms with Crippen molar-refractivity contribution >= 4 is 40.6 Å². The molecule has 8 heteroatoms. The molecule has 2 aromatic carbocycles. The van der Waals surface area contributed by atoms with E-state index in [-0.39, 0.29) is 34.8 Å². The molecule has 0 saturated carbocycles. The van der Waals surface area contributed by atoms with Crippen LogP contribution in [0.3, 0.4) is 0 Å². The lowest BCUT2D eigenvalue weighted by molar-refractivity contribution is 0.0941. The first-order valence-electron chi connectivity index (χ1n) is 9.57. The number of hydrogen-bond acceptors (Lipinski definition) is 5. The van der Waals surface area contributed by atoms with Crippen LogP contribution in [-0.2, 0) is 13.0 Å². The van der Waals surface area contributed by atoms with Crippen LogP contribution in [0.2, 0.25) is 5.02 Å². The molecule has 0 fully saturated rings. The number of rotatable bonds is 8. The van der Waals surface area contributed by atoms with Crippen LogP contribution in [0.15, 0.2) is 54.6 Å². The van der Waals surface area contributed by atoms with Crippen LogP contribution in [0.25, 0.3) is 0 Å². The van der Waals surface area contributed by atoms with E-state index in [0.29, 0.717) is 5.02 Å². The van der Waals surface area contributed by atoms with Gasteiger partial charge in [0.05, 0.1) is 5.69 Å². The quantitative estimate of drug-likeness (QED) is 0.490. The minimum absolute atomic E-state index is 0.0447. The summed E-state index contributed by atoms with van der Waals surface area (Å²) in [6, 6.07) is 17.3. The Bertz CT molecular complexity index is 1020. The molecule has 0 bridgehead atoms. The van der Waals surface area contributed by atoms with Gasteiger partial charge in [-0.15, -0.1) is 0 Å². The van der Waals surface area contributed by atoms with Crippen molar-refractivity contribution in [1.82, 2.24) is 15.0 Å². The van der Waals surface area contributed by atoms with Gasteiger partial charge in [-0.05, 0) is 48.5 Å². The van der Waals surface area contributed by atoms with Gasteiger partial charge in [0.25, 0.3) is 11.8 Å². The van der Waals surface area contributed by atoms with Crippen molar-refractivity contribution in [1.29, 1.82) is 0 Å². The number of benzene rings is 2. The minimum atomic E-state index is -0.445. The normalized spacial score (nSPS) is 11.7. The summed E-state index contributed by atoms with van der Waals surface area (Å²) in [6.45, 7) is 2.18. The molecule has 0 spiro atoms. The number of hydrogen-bond donors (Lipinski definition) is 3. The number of nitrogen functional groups attached to an aromatic ring is 1. The molecule has 1 aromatic heterocycles. The summed E-state index contributed by atoms with van der Waals surface area (Å²) in [5.41, 5.74) is 8.18. The number of carbonyl (C=O) groups is 2. The fourth-order valence-electron chi connectivity index (χ4n) is 2.92. The molecule has 0 radical (unpaired) electrons. The van der Waals surface area contributed by atoms with Crippen LogP contribution in [0.1, 0.15) is 44.6 Å². The lowest BCUT2D eigenvalue weighted by atomic mass is 10.1. The fourth-order valence-corrected chi connectivity index (χ4v) is 3.82. The summed E-state index contributed by atoms with van der Waals surface area (Å²) in [5.74, 6) is -0.768. The highest BCUT2D eigenvalue weighted by Gasteiger charge is 2.23. The van der Waals surface area contributed by atoms with Crippen LogP contribution in [0, 0.1) is 0 Å². The minimum Gasteiger partial charge on any atom is -0.395 e. The van der Waals surface area contributed by atoms with E-state index in [2.05, 4.69) is 27.1 Å². The van der Waals surface area contributed by atoms with Gasteiger partial charge >= 0.3 is 0 Å². The molecule has 6 nitrogen and oxygen atoms in total. The van der Waals surface area contributed by atoms with Gasteiger partial charge in [-0.2, -0.15) is 4.37 Å². The molecule has 0 aliphatic heterocycles. The highest BCUT2D eigenvalue weighted by molar-refractivity contribution is 7.09. The van der Waals surface area contributed by atoms with Crippen LogP contribution in [0.4, 0.5) is 5.69 Å². The van der Waals surface area contributed by atoms with Gasteiger partial charge in [0, 0.05) is 17.6 Å². The molecule has 2 amide bonds. The van der Waals surface area contributed by atoms with Crippen molar-refractivity contribution in [2.75, 3.05) is 5.73 Å². The second kappa shape index (κ2) is 10.2. The van der Waals surface area contributed by atoms with Crippen LogP contribution in [0.5, 0.6) is 0 Å². The lowest BCUT2D eigenvalue weighted by Gasteiger charge is -2.13. The molecule has 0 unspecified atom stereocenters. The maximum atomic E-state index is 12.6. The van der Waals surface area contributed by atoms with E-state index in [1.54, 1.807) is 6.07 Å². The van der Waals surface area contributed by atoms with E-state index in [1.165, 1.54) is 5.56 Å². The van der Waals surface area contributed by atoms with Gasteiger partial charge in [0.15, 0.2) is 5.69 Å². The Balaban J connectivity index is 1.56. The van der Waals surface area contributed by atoms with Crippen molar-refractivity contribution in [3.8, 4) is 0 Å². The van der Waals surface area contributed by atoms with E-state index in [0.717, 1.165) is 29.9 Å². The lowest BCUT2D eigenvalue weighted by Crippen LogP contribution is -2.33. The standard InChI is InChI=1S/C22H23ClN4O2S/c1-14(11-12-15-7-3-2-4-8-15)26-22(29)20-18(24)19(27-30-20)21(28)25-13-16-9-5-6-10-17(16)23/h2-10,14H,11-13,24H2,1H3,(H,25,28)(H,26,29)/t14-/m0/s1. The number of nitrogens with zero attached hydrogens (tertiary/aromatic N) is 1. The molecular weight excluding hydrogens is 420 g/mol.